The fourth-order valence-electron chi connectivity index (χ4n) is 1.85. The van der Waals surface area contributed by atoms with E-state index < -0.39 is 9.84 Å². The fraction of sp³-hybridized carbons (Fsp3) is 0.562. The summed E-state index contributed by atoms with van der Waals surface area (Å²) in [5.74, 6) is 0.758. The van der Waals surface area contributed by atoms with Crippen molar-refractivity contribution in [2.75, 3.05) is 44.9 Å². The van der Waals surface area contributed by atoms with Crippen LogP contribution in [0.1, 0.15) is 12.5 Å². The van der Waals surface area contributed by atoms with Crippen molar-refractivity contribution in [3.05, 3.63) is 34.9 Å². The van der Waals surface area contributed by atoms with Crippen molar-refractivity contribution in [3.8, 4) is 0 Å². The lowest BCUT2D eigenvalue weighted by molar-refractivity contribution is 0.157. The molecule has 0 spiro atoms. The van der Waals surface area contributed by atoms with Crippen molar-refractivity contribution in [2.24, 2.45) is 4.99 Å². The highest BCUT2D eigenvalue weighted by Crippen LogP contribution is 2.09. The minimum atomic E-state index is -2.97. The summed E-state index contributed by atoms with van der Waals surface area (Å²) in [6.07, 6.45) is 2.06. The lowest BCUT2D eigenvalue weighted by Gasteiger charge is -2.11. The average Bonchev–Trinajstić information content (AvgIpc) is 2.51. The topological polar surface area (TPSA) is 79.8 Å². The highest BCUT2D eigenvalue weighted by atomic mass is 35.5. The average molecular weight is 376 g/mol. The van der Waals surface area contributed by atoms with Crippen molar-refractivity contribution in [1.29, 1.82) is 0 Å². The second-order valence-corrected chi connectivity index (χ2v) is 8.00. The van der Waals surface area contributed by atoms with Crippen LogP contribution in [0.4, 0.5) is 0 Å². The zero-order chi connectivity index (χ0) is 17.8. The largest absolute Gasteiger partial charge is 0.378 e. The van der Waals surface area contributed by atoms with Gasteiger partial charge in [-0.15, -0.1) is 0 Å². The van der Waals surface area contributed by atoms with Crippen LogP contribution in [-0.4, -0.2) is 59.2 Å². The Kier molecular flexibility index (Phi) is 9.75. The van der Waals surface area contributed by atoms with Gasteiger partial charge in [0.15, 0.2) is 5.96 Å². The van der Waals surface area contributed by atoms with Gasteiger partial charge in [-0.3, -0.25) is 4.99 Å². The van der Waals surface area contributed by atoms with Crippen LogP contribution >= 0.6 is 11.6 Å². The molecule has 6 nitrogen and oxygen atoms in total. The summed E-state index contributed by atoms with van der Waals surface area (Å²) in [5.41, 5.74) is 1.20. The highest BCUT2D eigenvalue weighted by molar-refractivity contribution is 7.90. The zero-order valence-electron chi connectivity index (χ0n) is 14.2. The molecule has 2 N–H and O–H groups in total. The van der Waals surface area contributed by atoms with Gasteiger partial charge in [0.25, 0.3) is 0 Å². The number of sulfone groups is 1. The highest BCUT2D eigenvalue weighted by Gasteiger charge is 2.01. The molecule has 0 saturated heterocycles. The number of nitrogens with one attached hydrogen (secondary N) is 2. The Morgan fingerprint density at radius 1 is 1.21 bits per heavy atom. The maximum atomic E-state index is 11.0. The van der Waals surface area contributed by atoms with E-state index in [-0.39, 0.29) is 12.4 Å². The van der Waals surface area contributed by atoms with E-state index in [0.29, 0.717) is 13.2 Å². The molecule has 0 atom stereocenters. The van der Waals surface area contributed by atoms with Gasteiger partial charge in [0.05, 0.1) is 25.5 Å². The third-order valence-electron chi connectivity index (χ3n) is 3.07. The van der Waals surface area contributed by atoms with Crippen LogP contribution in [0.5, 0.6) is 0 Å². The van der Waals surface area contributed by atoms with Crippen LogP contribution in [0, 0.1) is 0 Å². The van der Waals surface area contributed by atoms with Crippen LogP contribution in [0.3, 0.4) is 0 Å². The first-order valence-corrected chi connectivity index (χ1v) is 10.4. The number of benzene rings is 1. The van der Waals surface area contributed by atoms with E-state index in [4.69, 9.17) is 16.3 Å². The molecule has 0 heterocycles. The molecule has 0 aliphatic heterocycles. The first-order chi connectivity index (χ1) is 11.4. The van der Waals surface area contributed by atoms with Crippen LogP contribution in [0.2, 0.25) is 5.02 Å². The summed E-state index contributed by atoms with van der Waals surface area (Å²) in [5, 5.41) is 7.15. The number of ether oxygens (including phenoxy) is 1. The Morgan fingerprint density at radius 2 is 1.92 bits per heavy atom. The lowest BCUT2D eigenvalue weighted by atomic mass is 10.1. The van der Waals surface area contributed by atoms with E-state index in [0.717, 1.165) is 30.5 Å². The molecule has 0 saturated carbocycles. The third kappa shape index (κ3) is 10.5. The van der Waals surface area contributed by atoms with Crippen molar-refractivity contribution in [2.45, 2.75) is 13.3 Å². The Balaban J connectivity index is 2.27. The van der Waals surface area contributed by atoms with E-state index >= 15 is 0 Å². The first kappa shape index (κ1) is 20.7. The number of hydrogen-bond acceptors (Lipinski definition) is 4. The van der Waals surface area contributed by atoms with Gasteiger partial charge >= 0.3 is 0 Å². The molecule has 0 radical (unpaired) electrons. The van der Waals surface area contributed by atoms with Crippen LogP contribution in [-0.2, 0) is 21.0 Å². The molecule has 0 aliphatic carbocycles. The van der Waals surface area contributed by atoms with Crippen LogP contribution < -0.4 is 10.6 Å². The molecular weight excluding hydrogens is 350 g/mol. The SMILES string of the molecule is CCNC(=NCCOCCS(C)(=O)=O)NCCc1ccc(Cl)cc1. The second kappa shape index (κ2) is 11.3. The normalized spacial score (nSPS) is 12.2. The molecule has 1 aromatic rings. The van der Waals surface area contributed by atoms with Gasteiger partial charge in [0, 0.05) is 24.4 Å². The van der Waals surface area contributed by atoms with Crippen LogP contribution in [0.25, 0.3) is 0 Å². The quantitative estimate of drug-likeness (QED) is 0.368. The van der Waals surface area contributed by atoms with Gasteiger partial charge in [0.2, 0.25) is 0 Å². The van der Waals surface area contributed by atoms with E-state index in [1.807, 2.05) is 31.2 Å². The molecule has 0 unspecified atom stereocenters. The number of guanidine groups is 1. The number of aliphatic imine (C=N–C) groups is 1. The molecule has 136 valence electrons. The predicted octanol–water partition coefficient (Wildman–Crippen LogP) is 1.50. The van der Waals surface area contributed by atoms with Gasteiger partial charge in [-0.1, -0.05) is 23.7 Å². The first-order valence-electron chi connectivity index (χ1n) is 7.93. The maximum Gasteiger partial charge on any atom is 0.191 e. The fourth-order valence-corrected chi connectivity index (χ4v) is 2.40. The zero-order valence-corrected chi connectivity index (χ0v) is 15.8. The van der Waals surface area contributed by atoms with Crippen molar-refractivity contribution in [1.82, 2.24) is 10.6 Å². The Bertz CT molecular complexity index is 603. The summed E-state index contributed by atoms with van der Waals surface area (Å²) in [4.78, 5) is 4.39. The molecule has 0 fully saturated rings. The number of nitrogens with zero attached hydrogens (tertiary/aromatic N) is 1. The molecular formula is C16H26ClN3O3S. The minimum Gasteiger partial charge on any atom is -0.378 e. The molecule has 0 bridgehead atoms. The van der Waals surface area contributed by atoms with Gasteiger partial charge in [-0.2, -0.15) is 0 Å². The van der Waals surface area contributed by atoms with E-state index in [9.17, 15) is 8.42 Å². The summed E-state index contributed by atoms with van der Waals surface area (Å²) >= 11 is 5.87. The van der Waals surface area contributed by atoms with E-state index in [2.05, 4.69) is 15.6 Å². The summed E-state index contributed by atoms with van der Waals surface area (Å²) in [6, 6.07) is 7.77. The van der Waals surface area contributed by atoms with E-state index in [1.165, 1.54) is 11.8 Å². The number of rotatable bonds is 10. The molecule has 1 rings (SSSR count). The summed E-state index contributed by atoms with van der Waals surface area (Å²) < 4.78 is 27.2. The maximum absolute atomic E-state index is 11.0. The van der Waals surface area contributed by atoms with Gasteiger partial charge < -0.3 is 15.4 Å². The van der Waals surface area contributed by atoms with Crippen molar-refractivity contribution < 1.29 is 13.2 Å². The molecule has 24 heavy (non-hydrogen) atoms. The standard InChI is InChI=1S/C16H26ClN3O3S/c1-3-18-16(20-10-11-23-12-13-24(2,21)22)19-9-8-14-4-6-15(17)7-5-14/h4-7H,3,8-13H2,1-2H3,(H2,18,19,20). The third-order valence-corrected chi connectivity index (χ3v) is 4.23. The van der Waals surface area contributed by atoms with Gasteiger partial charge in [-0.25, -0.2) is 8.42 Å². The summed E-state index contributed by atoms with van der Waals surface area (Å²) in [6.45, 7) is 4.58. The minimum absolute atomic E-state index is 0.0378. The molecule has 0 aliphatic rings. The predicted molar refractivity (Wildman–Crippen MR) is 99.7 cm³/mol. The Morgan fingerprint density at radius 3 is 2.54 bits per heavy atom. The second-order valence-electron chi connectivity index (χ2n) is 5.31. The smallest absolute Gasteiger partial charge is 0.191 e. The monoisotopic (exact) mass is 375 g/mol. The molecule has 1 aromatic carbocycles. The van der Waals surface area contributed by atoms with E-state index in [1.54, 1.807) is 0 Å². The lowest BCUT2D eigenvalue weighted by Crippen LogP contribution is -2.38. The van der Waals surface area contributed by atoms with Crippen LogP contribution in [0.15, 0.2) is 29.3 Å². The van der Waals surface area contributed by atoms with Crippen molar-refractivity contribution >= 4 is 27.4 Å². The summed E-state index contributed by atoms with van der Waals surface area (Å²) in [7, 11) is -2.97. The molecule has 8 heteroatoms. The Labute approximate surface area is 149 Å². The Hall–Kier alpha value is -1.31. The van der Waals surface area contributed by atoms with Gasteiger partial charge in [0.1, 0.15) is 9.84 Å². The molecule has 0 aromatic heterocycles. The van der Waals surface area contributed by atoms with Crippen molar-refractivity contribution in [3.63, 3.8) is 0 Å². The molecule has 0 amide bonds. The van der Waals surface area contributed by atoms with Gasteiger partial charge in [-0.05, 0) is 31.0 Å². The number of hydrogen-bond donors (Lipinski definition) is 2. The number of halogens is 1.